The summed E-state index contributed by atoms with van der Waals surface area (Å²) in [6.45, 7) is 7.01. The van der Waals surface area contributed by atoms with Crippen molar-refractivity contribution in [1.29, 1.82) is 0 Å². The van der Waals surface area contributed by atoms with Crippen LogP contribution in [0.25, 0.3) is 0 Å². The zero-order valence-electron chi connectivity index (χ0n) is 13.9. The molecule has 0 radical (unpaired) electrons. The highest BCUT2D eigenvalue weighted by atomic mass is 32.2. The second kappa shape index (κ2) is 7.93. The summed E-state index contributed by atoms with van der Waals surface area (Å²) in [4.78, 5) is 12.5. The van der Waals surface area contributed by atoms with Crippen molar-refractivity contribution >= 4 is 42.8 Å². The number of rotatable bonds is 5. The van der Waals surface area contributed by atoms with Crippen LogP contribution in [0, 0.1) is 5.92 Å². The summed E-state index contributed by atoms with van der Waals surface area (Å²) >= 11 is 3.88. The molecule has 1 aliphatic heterocycles. The van der Waals surface area contributed by atoms with Crippen molar-refractivity contribution in [3.63, 3.8) is 0 Å². The van der Waals surface area contributed by atoms with Crippen LogP contribution in [0.15, 0.2) is 30.3 Å². The van der Waals surface area contributed by atoms with E-state index >= 15 is 0 Å². The van der Waals surface area contributed by atoms with Crippen LogP contribution in [-0.4, -0.2) is 37.2 Å². The second-order valence-electron chi connectivity index (χ2n) is 6.39. The summed E-state index contributed by atoms with van der Waals surface area (Å²) in [5, 5.41) is 1.42. The predicted molar refractivity (Wildman–Crippen MR) is 102 cm³/mol. The standard InChI is InChI=1S/C17H26O2S2Si/c1-13(22(3,4)14-9-6-5-7-10-14)15(16(18)19-2)17-20-11-8-12-21-17/h5-7,9-10,13,15,17H,8,11-12H2,1-4H3/t13-,15+/m0/s1. The molecule has 1 aliphatic rings. The average molecular weight is 355 g/mol. The highest BCUT2D eigenvalue weighted by Crippen LogP contribution is 2.44. The first-order valence-corrected chi connectivity index (χ1v) is 13.0. The molecule has 0 aliphatic carbocycles. The van der Waals surface area contributed by atoms with Crippen molar-refractivity contribution in [2.75, 3.05) is 18.6 Å². The van der Waals surface area contributed by atoms with Crippen molar-refractivity contribution in [2.45, 2.75) is 36.6 Å². The normalized spacial score (nSPS) is 19.5. The minimum atomic E-state index is -1.74. The van der Waals surface area contributed by atoms with Gasteiger partial charge in [0.1, 0.15) is 0 Å². The number of thioether (sulfide) groups is 2. The topological polar surface area (TPSA) is 26.3 Å². The summed E-state index contributed by atoms with van der Waals surface area (Å²) in [6.07, 6.45) is 1.24. The fraction of sp³-hybridized carbons (Fsp3) is 0.588. The molecule has 0 saturated carbocycles. The number of esters is 1. The lowest BCUT2D eigenvalue weighted by Gasteiger charge is -2.39. The zero-order valence-corrected chi connectivity index (χ0v) is 16.5. The Bertz CT molecular complexity index is 487. The van der Waals surface area contributed by atoms with Gasteiger partial charge in [-0.1, -0.05) is 55.5 Å². The lowest BCUT2D eigenvalue weighted by Crippen LogP contribution is -2.50. The summed E-state index contributed by atoms with van der Waals surface area (Å²) in [6, 6.07) is 10.7. The number of carbonyl (C=O) groups excluding carboxylic acids is 1. The Morgan fingerprint density at radius 1 is 1.23 bits per heavy atom. The van der Waals surface area contributed by atoms with Crippen LogP contribution in [0.1, 0.15) is 13.3 Å². The number of carbonyl (C=O) groups is 1. The minimum Gasteiger partial charge on any atom is -0.469 e. The maximum atomic E-state index is 12.5. The molecule has 5 heteroatoms. The molecule has 0 N–H and O–H groups in total. The molecule has 1 heterocycles. The van der Waals surface area contributed by atoms with E-state index in [2.05, 4.69) is 50.3 Å². The van der Waals surface area contributed by atoms with Crippen LogP contribution in [-0.2, 0) is 9.53 Å². The first-order valence-electron chi connectivity index (χ1n) is 7.85. The van der Waals surface area contributed by atoms with Crippen molar-refractivity contribution in [1.82, 2.24) is 0 Å². The van der Waals surface area contributed by atoms with Gasteiger partial charge in [-0.25, -0.2) is 0 Å². The fourth-order valence-electron chi connectivity index (χ4n) is 2.98. The molecule has 0 bridgehead atoms. The van der Waals surface area contributed by atoms with Crippen LogP contribution in [0.5, 0.6) is 0 Å². The van der Waals surface area contributed by atoms with E-state index in [1.807, 2.05) is 23.5 Å². The Balaban J connectivity index is 2.27. The maximum absolute atomic E-state index is 12.5. The lowest BCUT2D eigenvalue weighted by atomic mass is 10.1. The third-order valence-electron chi connectivity index (χ3n) is 4.81. The number of ether oxygens (including phenoxy) is 1. The van der Waals surface area contributed by atoms with E-state index in [9.17, 15) is 4.79 Å². The highest BCUT2D eigenvalue weighted by Gasteiger charge is 2.44. The predicted octanol–water partition coefficient (Wildman–Crippen LogP) is 3.98. The van der Waals surface area contributed by atoms with Gasteiger partial charge in [0.15, 0.2) is 0 Å². The van der Waals surface area contributed by atoms with Gasteiger partial charge in [-0.2, -0.15) is 0 Å². The van der Waals surface area contributed by atoms with E-state index in [1.54, 1.807) is 0 Å². The smallest absolute Gasteiger partial charge is 0.310 e. The quantitative estimate of drug-likeness (QED) is 0.590. The van der Waals surface area contributed by atoms with Gasteiger partial charge in [0.2, 0.25) is 0 Å². The third kappa shape index (κ3) is 3.92. The molecule has 0 amide bonds. The minimum absolute atomic E-state index is 0.0119. The lowest BCUT2D eigenvalue weighted by molar-refractivity contribution is -0.144. The molecular formula is C17H26O2S2Si. The molecule has 1 aromatic carbocycles. The average Bonchev–Trinajstić information content (AvgIpc) is 2.56. The molecule has 1 saturated heterocycles. The van der Waals surface area contributed by atoms with Crippen LogP contribution >= 0.6 is 23.5 Å². The maximum Gasteiger partial charge on any atom is 0.310 e. The molecule has 0 unspecified atom stereocenters. The van der Waals surface area contributed by atoms with E-state index in [0.717, 1.165) is 11.5 Å². The molecule has 122 valence electrons. The summed E-state index contributed by atoms with van der Waals surface area (Å²) in [5.41, 5.74) is 0.352. The van der Waals surface area contributed by atoms with Crippen molar-refractivity contribution in [3.8, 4) is 0 Å². The number of benzene rings is 1. The SMILES string of the molecule is COC(=O)[C@H](C1SCCCS1)[C@H](C)[Si](C)(C)c1ccccc1. The second-order valence-corrected chi connectivity index (χ2v) is 14.1. The van der Waals surface area contributed by atoms with Crippen LogP contribution in [0.4, 0.5) is 0 Å². The summed E-state index contributed by atoms with van der Waals surface area (Å²) < 4.78 is 5.51. The van der Waals surface area contributed by atoms with E-state index in [1.165, 1.54) is 18.7 Å². The number of hydrogen-bond acceptors (Lipinski definition) is 4. The van der Waals surface area contributed by atoms with Gasteiger partial charge < -0.3 is 4.74 Å². The van der Waals surface area contributed by atoms with Gasteiger partial charge in [-0.05, 0) is 23.5 Å². The van der Waals surface area contributed by atoms with Crippen LogP contribution in [0.2, 0.25) is 18.6 Å². The molecule has 0 spiro atoms. The molecular weight excluding hydrogens is 328 g/mol. The Hall–Kier alpha value is -0.393. The van der Waals surface area contributed by atoms with E-state index in [4.69, 9.17) is 4.74 Å². The Morgan fingerprint density at radius 3 is 2.36 bits per heavy atom. The van der Waals surface area contributed by atoms with Gasteiger partial charge in [-0.3, -0.25) is 4.79 Å². The summed E-state index contributed by atoms with van der Waals surface area (Å²) in [5.74, 6) is 2.27. The third-order valence-corrected chi connectivity index (χ3v) is 12.4. The van der Waals surface area contributed by atoms with Crippen LogP contribution in [0.3, 0.4) is 0 Å². The van der Waals surface area contributed by atoms with Crippen LogP contribution < -0.4 is 5.19 Å². The van der Waals surface area contributed by atoms with Gasteiger partial charge in [-0.15, -0.1) is 23.5 Å². The molecule has 1 aromatic rings. The van der Waals surface area contributed by atoms with Crippen molar-refractivity contribution < 1.29 is 9.53 Å². The Kier molecular flexibility index (Phi) is 6.47. The van der Waals surface area contributed by atoms with E-state index in [-0.39, 0.29) is 11.9 Å². The Labute approximate surface area is 143 Å². The molecule has 2 rings (SSSR count). The first-order chi connectivity index (χ1) is 10.5. The molecule has 2 nitrogen and oxygen atoms in total. The zero-order chi connectivity index (χ0) is 16.2. The van der Waals surface area contributed by atoms with Gasteiger partial charge >= 0.3 is 5.97 Å². The fourth-order valence-corrected chi connectivity index (χ4v) is 9.40. The molecule has 22 heavy (non-hydrogen) atoms. The first kappa shape index (κ1) is 18.0. The number of hydrogen-bond donors (Lipinski definition) is 0. The van der Waals surface area contributed by atoms with Gasteiger partial charge in [0.25, 0.3) is 0 Å². The van der Waals surface area contributed by atoms with E-state index in [0.29, 0.717) is 10.1 Å². The van der Waals surface area contributed by atoms with Gasteiger partial charge in [0, 0.05) is 0 Å². The van der Waals surface area contributed by atoms with E-state index < -0.39 is 8.07 Å². The number of methoxy groups -OCH3 is 1. The largest absolute Gasteiger partial charge is 0.469 e. The van der Waals surface area contributed by atoms with Crippen molar-refractivity contribution in [2.24, 2.45) is 5.92 Å². The van der Waals surface area contributed by atoms with Gasteiger partial charge in [0.05, 0.1) is 25.7 Å². The van der Waals surface area contributed by atoms with Crippen molar-refractivity contribution in [3.05, 3.63) is 30.3 Å². The molecule has 0 aromatic heterocycles. The highest BCUT2D eigenvalue weighted by molar-refractivity contribution is 8.17. The molecule has 2 atom stereocenters. The molecule has 1 fully saturated rings. The summed E-state index contributed by atoms with van der Waals surface area (Å²) in [7, 11) is -0.211. The monoisotopic (exact) mass is 354 g/mol. The Morgan fingerprint density at radius 2 is 1.82 bits per heavy atom.